The van der Waals surface area contributed by atoms with E-state index in [9.17, 15) is 9.59 Å². The van der Waals surface area contributed by atoms with Gasteiger partial charge in [0.1, 0.15) is 11.8 Å². The van der Waals surface area contributed by atoms with Gasteiger partial charge in [-0.1, -0.05) is 32.6 Å². The smallest absolute Gasteiger partial charge is 0.334 e. The summed E-state index contributed by atoms with van der Waals surface area (Å²) in [7, 11) is 0. The quantitative estimate of drug-likeness (QED) is 0.422. The Morgan fingerprint density at radius 1 is 1.20 bits per heavy atom. The second-order valence-corrected chi connectivity index (χ2v) is 6.18. The molecule has 1 heterocycles. The number of hydrogen-bond donors (Lipinski definition) is 2. The first-order valence-electron chi connectivity index (χ1n) is 9.28. The standard InChI is InChI=1S/C19H31N3O3/c1-2-3-4-5-6-12-18(23)22-17(11-7-8-13-20)19(24)25-16-10-9-14-21-15-16/h9-10,14-15,17H,2-8,11-13,20H2,1H3,(H,22,23)/t17-/m0/s1. The molecule has 0 unspecified atom stereocenters. The minimum Gasteiger partial charge on any atom is -0.423 e. The molecule has 0 spiro atoms. The maximum Gasteiger partial charge on any atom is 0.334 e. The van der Waals surface area contributed by atoms with Crippen LogP contribution in [0.15, 0.2) is 24.5 Å². The molecule has 0 bridgehead atoms. The number of aromatic nitrogens is 1. The zero-order valence-corrected chi connectivity index (χ0v) is 15.2. The Kier molecular flexibility index (Phi) is 11.3. The van der Waals surface area contributed by atoms with Crippen molar-refractivity contribution < 1.29 is 14.3 Å². The maximum atomic E-state index is 12.4. The van der Waals surface area contributed by atoms with Crippen LogP contribution in [0.1, 0.15) is 64.7 Å². The number of amides is 1. The first kappa shape index (κ1) is 21.1. The third-order valence-corrected chi connectivity index (χ3v) is 3.93. The van der Waals surface area contributed by atoms with Gasteiger partial charge in [-0.3, -0.25) is 9.78 Å². The van der Waals surface area contributed by atoms with Crippen molar-refractivity contribution in [1.29, 1.82) is 0 Å². The van der Waals surface area contributed by atoms with Crippen LogP contribution in [0.25, 0.3) is 0 Å². The molecule has 6 nitrogen and oxygen atoms in total. The third kappa shape index (κ3) is 9.82. The largest absolute Gasteiger partial charge is 0.423 e. The number of nitrogens with zero attached hydrogens (tertiary/aromatic N) is 1. The average Bonchev–Trinajstić information content (AvgIpc) is 2.61. The van der Waals surface area contributed by atoms with Crippen LogP contribution in [0.3, 0.4) is 0 Å². The van der Waals surface area contributed by atoms with E-state index in [-0.39, 0.29) is 5.91 Å². The fourth-order valence-corrected chi connectivity index (χ4v) is 2.49. The van der Waals surface area contributed by atoms with E-state index in [1.165, 1.54) is 19.0 Å². The lowest BCUT2D eigenvalue weighted by Crippen LogP contribution is -2.43. The van der Waals surface area contributed by atoms with Gasteiger partial charge in [0.05, 0.1) is 6.20 Å². The number of hydrogen-bond acceptors (Lipinski definition) is 5. The average molecular weight is 349 g/mol. The van der Waals surface area contributed by atoms with Crippen LogP contribution < -0.4 is 15.8 Å². The van der Waals surface area contributed by atoms with Gasteiger partial charge >= 0.3 is 5.97 Å². The van der Waals surface area contributed by atoms with Crippen LogP contribution in [-0.4, -0.2) is 29.4 Å². The zero-order chi connectivity index (χ0) is 18.3. The van der Waals surface area contributed by atoms with Crippen molar-refractivity contribution in [3.63, 3.8) is 0 Å². The summed E-state index contributed by atoms with van der Waals surface area (Å²) in [4.78, 5) is 28.4. The number of pyridine rings is 1. The summed E-state index contributed by atoms with van der Waals surface area (Å²) >= 11 is 0. The highest BCUT2D eigenvalue weighted by atomic mass is 16.5. The SMILES string of the molecule is CCCCCCCC(=O)N[C@@H](CCCCN)C(=O)Oc1cccnc1. The van der Waals surface area contributed by atoms with E-state index in [0.29, 0.717) is 25.1 Å². The molecule has 1 atom stereocenters. The van der Waals surface area contributed by atoms with Crippen molar-refractivity contribution in [2.45, 2.75) is 70.8 Å². The number of rotatable bonds is 13. The molecular formula is C19H31N3O3. The van der Waals surface area contributed by atoms with E-state index in [1.54, 1.807) is 18.3 Å². The van der Waals surface area contributed by atoms with Crippen LogP contribution in [0, 0.1) is 0 Å². The number of esters is 1. The van der Waals surface area contributed by atoms with Gasteiger partial charge < -0.3 is 15.8 Å². The molecule has 0 saturated heterocycles. The van der Waals surface area contributed by atoms with E-state index in [2.05, 4.69) is 17.2 Å². The van der Waals surface area contributed by atoms with Crippen LogP contribution in [-0.2, 0) is 9.59 Å². The zero-order valence-electron chi connectivity index (χ0n) is 15.2. The fourth-order valence-electron chi connectivity index (χ4n) is 2.49. The Bertz CT molecular complexity index is 494. The van der Waals surface area contributed by atoms with Gasteiger partial charge in [0, 0.05) is 12.6 Å². The van der Waals surface area contributed by atoms with Gasteiger partial charge in [-0.25, -0.2) is 4.79 Å². The van der Waals surface area contributed by atoms with E-state index in [4.69, 9.17) is 10.5 Å². The number of nitrogens with one attached hydrogen (secondary N) is 1. The number of unbranched alkanes of at least 4 members (excludes halogenated alkanes) is 5. The number of ether oxygens (including phenoxy) is 1. The normalized spacial score (nSPS) is 11.8. The highest BCUT2D eigenvalue weighted by molar-refractivity contribution is 5.85. The monoisotopic (exact) mass is 349 g/mol. The molecule has 3 N–H and O–H groups in total. The van der Waals surface area contributed by atoms with Crippen molar-refractivity contribution in [3.05, 3.63) is 24.5 Å². The Labute approximate surface area is 150 Å². The summed E-state index contributed by atoms with van der Waals surface area (Å²) in [6.45, 7) is 2.72. The van der Waals surface area contributed by atoms with Crippen LogP contribution in [0.2, 0.25) is 0 Å². The number of carbonyl (C=O) groups is 2. The van der Waals surface area contributed by atoms with Crippen molar-refractivity contribution >= 4 is 11.9 Å². The topological polar surface area (TPSA) is 94.3 Å². The Balaban J connectivity index is 2.47. The van der Waals surface area contributed by atoms with Gasteiger partial charge in [-0.2, -0.15) is 0 Å². The lowest BCUT2D eigenvalue weighted by molar-refractivity contribution is -0.139. The lowest BCUT2D eigenvalue weighted by atomic mass is 10.1. The Morgan fingerprint density at radius 3 is 2.68 bits per heavy atom. The summed E-state index contributed by atoms with van der Waals surface area (Å²) in [5.41, 5.74) is 5.51. The van der Waals surface area contributed by atoms with Crippen LogP contribution >= 0.6 is 0 Å². The molecule has 1 rings (SSSR count). The molecule has 1 aromatic heterocycles. The van der Waals surface area contributed by atoms with E-state index < -0.39 is 12.0 Å². The molecule has 0 fully saturated rings. The van der Waals surface area contributed by atoms with Crippen molar-refractivity contribution in [2.24, 2.45) is 5.73 Å². The second-order valence-electron chi connectivity index (χ2n) is 6.18. The Hall–Kier alpha value is -1.95. The fraction of sp³-hybridized carbons (Fsp3) is 0.632. The highest BCUT2D eigenvalue weighted by Crippen LogP contribution is 2.11. The number of nitrogens with two attached hydrogens (primary N) is 1. The summed E-state index contributed by atoms with van der Waals surface area (Å²) in [5, 5.41) is 2.81. The third-order valence-electron chi connectivity index (χ3n) is 3.93. The molecule has 0 radical (unpaired) electrons. The molecule has 6 heteroatoms. The van der Waals surface area contributed by atoms with Crippen molar-refractivity contribution in [3.8, 4) is 5.75 Å². The van der Waals surface area contributed by atoms with Gasteiger partial charge in [0.25, 0.3) is 0 Å². The van der Waals surface area contributed by atoms with Crippen LogP contribution in [0.5, 0.6) is 5.75 Å². The van der Waals surface area contributed by atoms with Crippen molar-refractivity contribution in [2.75, 3.05) is 6.54 Å². The first-order chi connectivity index (χ1) is 12.2. The van der Waals surface area contributed by atoms with Gasteiger partial charge in [0.2, 0.25) is 5.91 Å². The molecule has 1 amide bonds. The van der Waals surface area contributed by atoms with Crippen LogP contribution in [0.4, 0.5) is 0 Å². The lowest BCUT2D eigenvalue weighted by Gasteiger charge is -2.17. The molecule has 0 aliphatic heterocycles. The molecule has 0 saturated carbocycles. The summed E-state index contributed by atoms with van der Waals surface area (Å²) < 4.78 is 5.32. The molecular weight excluding hydrogens is 318 g/mol. The molecule has 0 aliphatic carbocycles. The summed E-state index contributed by atoms with van der Waals surface area (Å²) in [6, 6.07) is 2.72. The first-order valence-corrected chi connectivity index (χ1v) is 9.28. The molecule has 1 aromatic rings. The minimum atomic E-state index is -0.644. The Morgan fingerprint density at radius 2 is 2.00 bits per heavy atom. The molecule has 0 aromatic carbocycles. The van der Waals surface area contributed by atoms with E-state index in [0.717, 1.165) is 32.1 Å². The predicted molar refractivity (Wildman–Crippen MR) is 98.1 cm³/mol. The molecule has 25 heavy (non-hydrogen) atoms. The van der Waals surface area contributed by atoms with Gasteiger partial charge in [-0.05, 0) is 44.4 Å². The summed E-state index contributed by atoms with van der Waals surface area (Å²) in [5.74, 6) is -0.174. The van der Waals surface area contributed by atoms with E-state index >= 15 is 0 Å². The minimum absolute atomic E-state index is 0.0996. The van der Waals surface area contributed by atoms with Gasteiger partial charge in [0.15, 0.2) is 0 Å². The summed E-state index contributed by atoms with van der Waals surface area (Å²) in [6.07, 6.45) is 11.0. The predicted octanol–water partition coefficient (Wildman–Crippen LogP) is 2.96. The van der Waals surface area contributed by atoms with E-state index in [1.807, 2.05) is 0 Å². The second kappa shape index (κ2) is 13.4. The maximum absolute atomic E-state index is 12.4. The highest BCUT2D eigenvalue weighted by Gasteiger charge is 2.22. The van der Waals surface area contributed by atoms with Crippen molar-refractivity contribution in [1.82, 2.24) is 10.3 Å². The molecule has 140 valence electrons. The van der Waals surface area contributed by atoms with Gasteiger partial charge in [-0.15, -0.1) is 0 Å². The number of carbonyl (C=O) groups excluding carboxylic acids is 2. The molecule has 0 aliphatic rings.